The van der Waals surface area contributed by atoms with Crippen LogP contribution in [-0.4, -0.2) is 43.3 Å². The van der Waals surface area contributed by atoms with Gasteiger partial charge in [0.25, 0.3) is 0 Å². The maximum Gasteiger partial charge on any atom is 0.409 e. The topological polar surface area (TPSA) is 70.7 Å². The van der Waals surface area contributed by atoms with Gasteiger partial charge in [-0.25, -0.2) is 9.59 Å². The highest BCUT2D eigenvalue weighted by atomic mass is 16.5. The van der Waals surface area contributed by atoms with Crippen molar-refractivity contribution in [1.82, 2.24) is 15.5 Å². The molecule has 1 heterocycles. The summed E-state index contributed by atoms with van der Waals surface area (Å²) in [7, 11) is 1.38. The first-order chi connectivity index (χ1) is 11.0. The van der Waals surface area contributed by atoms with Crippen molar-refractivity contribution in [3.63, 3.8) is 0 Å². The second-order valence-corrected chi connectivity index (χ2v) is 5.99. The molecule has 0 radical (unpaired) electrons. The third-order valence-corrected chi connectivity index (χ3v) is 4.20. The van der Waals surface area contributed by atoms with Gasteiger partial charge < -0.3 is 20.3 Å². The Balaban J connectivity index is 1.74. The quantitative estimate of drug-likeness (QED) is 0.898. The Bertz CT molecular complexity index is 566. The first kappa shape index (κ1) is 17.1. The summed E-state index contributed by atoms with van der Waals surface area (Å²) >= 11 is 0. The highest BCUT2D eigenvalue weighted by Gasteiger charge is 2.24. The minimum absolute atomic E-state index is 0.0926. The third kappa shape index (κ3) is 4.87. The molecule has 2 rings (SSSR count). The maximum atomic E-state index is 12.0. The number of carbonyl (C=O) groups is 2. The number of carbonyl (C=O) groups excluding carboxylic acids is 2. The van der Waals surface area contributed by atoms with E-state index in [2.05, 4.69) is 23.6 Å². The number of methoxy groups -OCH3 is 1. The van der Waals surface area contributed by atoms with E-state index in [-0.39, 0.29) is 18.2 Å². The number of amides is 3. The lowest BCUT2D eigenvalue weighted by molar-refractivity contribution is 0.110. The van der Waals surface area contributed by atoms with E-state index in [0.717, 1.165) is 18.4 Å². The van der Waals surface area contributed by atoms with Crippen LogP contribution < -0.4 is 10.6 Å². The molecule has 0 aliphatic carbocycles. The van der Waals surface area contributed by atoms with Gasteiger partial charge in [-0.3, -0.25) is 0 Å². The molecule has 0 atom stereocenters. The molecular weight excluding hydrogens is 294 g/mol. The summed E-state index contributed by atoms with van der Waals surface area (Å²) in [6, 6.07) is 6.12. The van der Waals surface area contributed by atoms with E-state index in [4.69, 9.17) is 4.74 Å². The van der Waals surface area contributed by atoms with Gasteiger partial charge in [0, 0.05) is 25.7 Å². The molecule has 1 aliphatic rings. The molecule has 2 N–H and O–H groups in total. The molecule has 6 heteroatoms. The van der Waals surface area contributed by atoms with Crippen LogP contribution in [0.2, 0.25) is 0 Å². The number of urea groups is 1. The summed E-state index contributed by atoms with van der Waals surface area (Å²) in [6.45, 7) is 5.82. The van der Waals surface area contributed by atoms with Crippen LogP contribution in [-0.2, 0) is 11.3 Å². The lowest BCUT2D eigenvalue weighted by Crippen LogP contribution is -2.49. The predicted octanol–water partition coefficient (Wildman–Crippen LogP) is 2.33. The zero-order valence-electron chi connectivity index (χ0n) is 14.0. The van der Waals surface area contributed by atoms with E-state index in [1.54, 1.807) is 4.90 Å². The fraction of sp³-hybridized carbons (Fsp3) is 0.529. The van der Waals surface area contributed by atoms with Crippen molar-refractivity contribution in [1.29, 1.82) is 0 Å². The first-order valence-corrected chi connectivity index (χ1v) is 7.93. The van der Waals surface area contributed by atoms with Gasteiger partial charge in [-0.1, -0.05) is 23.8 Å². The number of hydrogen-bond donors (Lipinski definition) is 2. The summed E-state index contributed by atoms with van der Waals surface area (Å²) in [4.78, 5) is 25.1. The number of ether oxygens (including phenoxy) is 1. The first-order valence-electron chi connectivity index (χ1n) is 7.93. The van der Waals surface area contributed by atoms with Crippen LogP contribution in [0.4, 0.5) is 9.59 Å². The number of nitrogens with zero attached hydrogens (tertiary/aromatic N) is 1. The van der Waals surface area contributed by atoms with E-state index in [1.807, 2.05) is 19.1 Å². The summed E-state index contributed by atoms with van der Waals surface area (Å²) in [5.41, 5.74) is 3.51. The molecule has 23 heavy (non-hydrogen) atoms. The van der Waals surface area contributed by atoms with Gasteiger partial charge in [-0.05, 0) is 37.8 Å². The van der Waals surface area contributed by atoms with Gasteiger partial charge >= 0.3 is 12.1 Å². The van der Waals surface area contributed by atoms with Crippen LogP contribution in [0.3, 0.4) is 0 Å². The van der Waals surface area contributed by atoms with Crippen molar-refractivity contribution in [3.8, 4) is 0 Å². The number of nitrogens with one attached hydrogen (secondary N) is 2. The Labute approximate surface area is 137 Å². The van der Waals surface area contributed by atoms with Crippen LogP contribution in [0.15, 0.2) is 18.2 Å². The Morgan fingerprint density at radius 3 is 2.57 bits per heavy atom. The highest BCUT2D eigenvalue weighted by Crippen LogP contribution is 2.12. The predicted molar refractivity (Wildman–Crippen MR) is 88.3 cm³/mol. The van der Waals surface area contributed by atoms with Crippen molar-refractivity contribution in [2.45, 2.75) is 39.3 Å². The molecule has 1 aromatic rings. The average molecular weight is 319 g/mol. The number of rotatable bonds is 3. The third-order valence-electron chi connectivity index (χ3n) is 4.20. The normalized spacial score (nSPS) is 15.2. The van der Waals surface area contributed by atoms with E-state index in [1.165, 1.54) is 18.2 Å². The van der Waals surface area contributed by atoms with Gasteiger partial charge in [-0.15, -0.1) is 0 Å². The van der Waals surface area contributed by atoms with Crippen LogP contribution in [0.5, 0.6) is 0 Å². The standard InChI is InChI=1S/C17H25N3O3/c1-12-4-5-14(13(2)10-12)11-18-16(21)19-15-6-8-20(9-7-15)17(22)23-3/h4-5,10,15H,6-9,11H2,1-3H3,(H2,18,19,21). The smallest absolute Gasteiger partial charge is 0.409 e. The molecule has 0 bridgehead atoms. The molecule has 126 valence electrons. The molecule has 1 fully saturated rings. The molecule has 1 saturated heterocycles. The Morgan fingerprint density at radius 2 is 1.96 bits per heavy atom. The van der Waals surface area contributed by atoms with Crippen LogP contribution in [0.25, 0.3) is 0 Å². The number of aryl methyl sites for hydroxylation is 2. The molecule has 0 aromatic heterocycles. The van der Waals surface area contributed by atoms with Gasteiger partial charge in [0.15, 0.2) is 0 Å². The van der Waals surface area contributed by atoms with Crippen molar-refractivity contribution >= 4 is 12.1 Å². The van der Waals surface area contributed by atoms with E-state index in [0.29, 0.717) is 19.6 Å². The summed E-state index contributed by atoms with van der Waals surface area (Å²) < 4.78 is 4.70. The molecule has 3 amide bonds. The van der Waals surface area contributed by atoms with Crippen molar-refractivity contribution in [2.75, 3.05) is 20.2 Å². The largest absolute Gasteiger partial charge is 0.453 e. The van der Waals surface area contributed by atoms with Crippen LogP contribution >= 0.6 is 0 Å². The van der Waals surface area contributed by atoms with Gasteiger partial charge in [-0.2, -0.15) is 0 Å². The number of likely N-dealkylation sites (tertiary alicyclic amines) is 1. The SMILES string of the molecule is COC(=O)N1CCC(NC(=O)NCc2ccc(C)cc2C)CC1. The molecular formula is C17H25N3O3. The molecule has 1 aliphatic heterocycles. The number of piperidine rings is 1. The van der Waals surface area contributed by atoms with Crippen LogP contribution in [0.1, 0.15) is 29.5 Å². The summed E-state index contributed by atoms with van der Waals surface area (Å²) in [5.74, 6) is 0. The van der Waals surface area contributed by atoms with Crippen molar-refractivity contribution < 1.29 is 14.3 Å². The minimum Gasteiger partial charge on any atom is -0.453 e. The summed E-state index contributed by atoms with van der Waals surface area (Å²) in [6.07, 6.45) is 1.18. The Kier molecular flexibility index (Phi) is 5.84. The van der Waals surface area contributed by atoms with Crippen LogP contribution in [0, 0.1) is 13.8 Å². The molecule has 0 spiro atoms. The lowest BCUT2D eigenvalue weighted by atomic mass is 10.1. The number of hydrogen-bond acceptors (Lipinski definition) is 3. The fourth-order valence-electron chi connectivity index (χ4n) is 2.79. The van der Waals surface area contributed by atoms with E-state index >= 15 is 0 Å². The Morgan fingerprint density at radius 1 is 1.26 bits per heavy atom. The van der Waals surface area contributed by atoms with Gasteiger partial charge in [0.05, 0.1) is 7.11 Å². The monoisotopic (exact) mass is 319 g/mol. The maximum absolute atomic E-state index is 12.0. The second-order valence-electron chi connectivity index (χ2n) is 5.99. The fourth-order valence-corrected chi connectivity index (χ4v) is 2.79. The zero-order chi connectivity index (χ0) is 16.8. The average Bonchev–Trinajstić information content (AvgIpc) is 2.54. The number of benzene rings is 1. The van der Waals surface area contributed by atoms with Gasteiger partial charge in [0.1, 0.15) is 0 Å². The molecule has 1 aromatic carbocycles. The molecule has 0 saturated carbocycles. The van der Waals surface area contributed by atoms with E-state index in [9.17, 15) is 9.59 Å². The van der Waals surface area contributed by atoms with Crippen molar-refractivity contribution in [3.05, 3.63) is 34.9 Å². The highest BCUT2D eigenvalue weighted by molar-refractivity contribution is 5.74. The van der Waals surface area contributed by atoms with Crippen molar-refractivity contribution in [2.24, 2.45) is 0 Å². The summed E-state index contributed by atoms with van der Waals surface area (Å²) in [5, 5.41) is 5.87. The zero-order valence-corrected chi connectivity index (χ0v) is 14.0. The van der Waals surface area contributed by atoms with E-state index < -0.39 is 0 Å². The lowest BCUT2D eigenvalue weighted by Gasteiger charge is -2.31. The molecule has 0 unspecified atom stereocenters. The van der Waals surface area contributed by atoms with Gasteiger partial charge in [0.2, 0.25) is 0 Å². The minimum atomic E-state index is -0.303. The Hall–Kier alpha value is -2.24. The molecule has 6 nitrogen and oxygen atoms in total. The second kappa shape index (κ2) is 7.85.